The minimum atomic E-state index is -0.133. The normalized spacial score (nSPS) is 11.5. The van der Waals surface area contributed by atoms with E-state index in [1.165, 1.54) is 11.3 Å². The number of carbonyl (C=O) groups is 1. The maximum absolute atomic E-state index is 12.2. The summed E-state index contributed by atoms with van der Waals surface area (Å²) >= 11 is 1.53. The van der Waals surface area contributed by atoms with Crippen molar-refractivity contribution in [2.24, 2.45) is 5.10 Å². The second-order valence-electron chi connectivity index (χ2n) is 5.33. The third kappa shape index (κ3) is 3.78. The zero-order chi connectivity index (χ0) is 16.9. The molecule has 5 nitrogen and oxygen atoms in total. The summed E-state index contributed by atoms with van der Waals surface area (Å²) in [7, 11) is 0. The Kier molecular flexibility index (Phi) is 4.86. The number of hydrogen-bond donors (Lipinski definition) is 2. The highest BCUT2D eigenvalue weighted by atomic mass is 32.1. The van der Waals surface area contributed by atoms with Crippen molar-refractivity contribution in [3.63, 3.8) is 0 Å². The van der Waals surface area contributed by atoms with Crippen LogP contribution in [0.4, 0.5) is 10.8 Å². The van der Waals surface area contributed by atoms with Gasteiger partial charge in [-0.25, -0.2) is 4.98 Å². The topological polar surface area (TPSA) is 66.4 Å². The van der Waals surface area contributed by atoms with Gasteiger partial charge in [-0.3, -0.25) is 10.2 Å². The molecule has 3 aromatic rings. The Labute approximate surface area is 144 Å². The van der Waals surface area contributed by atoms with Gasteiger partial charge in [-0.2, -0.15) is 5.10 Å². The van der Waals surface area contributed by atoms with E-state index in [9.17, 15) is 4.79 Å². The Morgan fingerprint density at radius 2 is 2.00 bits per heavy atom. The number of hydrogen-bond acceptors (Lipinski definition) is 5. The summed E-state index contributed by atoms with van der Waals surface area (Å²) < 4.78 is 1.04. The molecule has 0 radical (unpaired) electrons. The van der Waals surface area contributed by atoms with Crippen LogP contribution in [0.2, 0.25) is 0 Å². The van der Waals surface area contributed by atoms with Gasteiger partial charge in [0, 0.05) is 17.0 Å². The molecule has 2 aromatic carbocycles. The Balaban J connectivity index is 1.77. The van der Waals surface area contributed by atoms with Gasteiger partial charge in [-0.1, -0.05) is 36.5 Å². The number of anilines is 2. The van der Waals surface area contributed by atoms with Crippen LogP contribution in [0.15, 0.2) is 53.6 Å². The van der Waals surface area contributed by atoms with Crippen LogP contribution in [0.5, 0.6) is 0 Å². The fraction of sp³-hybridized carbons (Fsp3) is 0.167. The van der Waals surface area contributed by atoms with E-state index >= 15 is 0 Å². The van der Waals surface area contributed by atoms with Crippen LogP contribution in [-0.2, 0) is 0 Å². The Morgan fingerprint density at radius 3 is 2.75 bits per heavy atom. The van der Waals surface area contributed by atoms with Crippen LogP contribution < -0.4 is 10.7 Å². The number of amides is 1. The van der Waals surface area contributed by atoms with Crippen LogP contribution >= 0.6 is 11.3 Å². The van der Waals surface area contributed by atoms with Crippen molar-refractivity contribution in [3.05, 3.63) is 54.1 Å². The fourth-order valence-electron chi connectivity index (χ4n) is 2.07. The average Bonchev–Trinajstić information content (AvgIpc) is 3.02. The molecule has 0 fully saturated rings. The number of nitrogens with one attached hydrogen (secondary N) is 2. The molecule has 1 aromatic heterocycles. The molecule has 6 heteroatoms. The Morgan fingerprint density at radius 1 is 1.21 bits per heavy atom. The van der Waals surface area contributed by atoms with E-state index in [1.54, 1.807) is 12.1 Å². The number of benzene rings is 2. The summed E-state index contributed by atoms with van der Waals surface area (Å²) in [6.45, 7) is 4.03. The van der Waals surface area contributed by atoms with E-state index in [1.807, 2.05) is 43.3 Å². The lowest BCUT2D eigenvalue weighted by atomic mass is 10.2. The van der Waals surface area contributed by atoms with Crippen molar-refractivity contribution in [3.8, 4) is 0 Å². The maximum atomic E-state index is 12.2. The lowest BCUT2D eigenvalue weighted by Gasteiger charge is -2.04. The summed E-state index contributed by atoms with van der Waals surface area (Å²) in [6.07, 6.45) is 0.896. The SMILES string of the molecule is CC/C(C)=N\Nc1nc2cc(NC(=O)c3ccccc3)ccc2s1. The van der Waals surface area contributed by atoms with Crippen molar-refractivity contribution >= 4 is 44.0 Å². The van der Waals surface area contributed by atoms with Gasteiger partial charge in [0.05, 0.1) is 10.2 Å². The molecular formula is C18H18N4OS. The molecule has 0 aliphatic heterocycles. The first-order chi connectivity index (χ1) is 11.7. The average molecular weight is 338 g/mol. The fourth-order valence-corrected chi connectivity index (χ4v) is 2.86. The zero-order valence-electron chi connectivity index (χ0n) is 13.5. The summed E-state index contributed by atoms with van der Waals surface area (Å²) in [5.74, 6) is -0.133. The number of nitrogens with zero attached hydrogens (tertiary/aromatic N) is 2. The minimum Gasteiger partial charge on any atom is -0.322 e. The number of hydrazone groups is 1. The van der Waals surface area contributed by atoms with Gasteiger partial charge in [0.15, 0.2) is 0 Å². The van der Waals surface area contributed by atoms with Gasteiger partial charge in [-0.15, -0.1) is 0 Å². The third-order valence-electron chi connectivity index (χ3n) is 3.54. The molecular weight excluding hydrogens is 320 g/mol. The highest BCUT2D eigenvalue weighted by molar-refractivity contribution is 7.22. The molecule has 1 heterocycles. The highest BCUT2D eigenvalue weighted by Crippen LogP contribution is 2.28. The van der Waals surface area contributed by atoms with Crippen molar-refractivity contribution < 1.29 is 4.79 Å². The Hall–Kier alpha value is -2.73. The summed E-state index contributed by atoms with van der Waals surface area (Å²) in [5.41, 5.74) is 6.18. The molecule has 0 spiro atoms. The molecule has 0 aliphatic carbocycles. The molecule has 3 rings (SSSR count). The van der Waals surface area contributed by atoms with Crippen molar-refractivity contribution in [1.29, 1.82) is 0 Å². The zero-order valence-corrected chi connectivity index (χ0v) is 14.4. The molecule has 1 amide bonds. The van der Waals surface area contributed by atoms with Gasteiger partial charge < -0.3 is 5.32 Å². The number of thiazole rings is 1. The number of carbonyl (C=O) groups excluding carboxylic acids is 1. The first-order valence-corrected chi connectivity index (χ1v) is 8.53. The molecule has 0 saturated heterocycles. The van der Waals surface area contributed by atoms with E-state index < -0.39 is 0 Å². The minimum absolute atomic E-state index is 0.133. The number of rotatable bonds is 5. The van der Waals surface area contributed by atoms with Crippen molar-refractivity contribution in [2.45, 2.75) is 20.3 Å². The van der Waals surface area contributed by atoms with Gasteiger partial charge in [0.25, 0.3) is 5.91 Å². The van der Waals surface area contributed by atoms with E-state index in [0.29, 0.717) is 5.56 Å². The second kappa shape index (κ2) is 7.23. The Bertz CT molecular complexity index is 886. The highest BCUT2D eigenvalue weighted by Gasteiger charge is 2.08. The summed E-state index contributed by atoms with van der Waals surface area (Å²) in [5, 5.41) is 7.90. The van der Waals surface area contributed by atoms with Crippen LogP contribution in [0.3, 0.4) is 0 Å². The van der Waals surface area contributed by atoms with Crippen LogP contribution in [0.1, 0.15) is 30.6 Å². The van der Waals surface area contributed by atoms with Gasteiger partial charge >= 0.3 is 0 Å². The third-order valence-corrected chi connectivity index (χ3v) is 4.48. The second-order valence-corrected chi connectivity index (χ2v) is 6.36. The standard InChI is InChI=1S/C18H18N4OS/c1-3-12(2)21-22-18-20-15-11-14(9-10-16(15)24-18)19-17(23)13-7-5-4-6-8-13/h4-11H,3H2,1-2H3,(H,19,23)(H,20,22)/b21-12-. The maximum Gasteiger partial charge on any atom is 0.255 e. The lowest BCUT2D eigenvalue weighted by molar-refractivity contribution is 0.102. The van der Waals surface area contributed by atoms with Gasteiger partial charge in [0.2, 0.25) is 5.13 Å². The van der Waals surface area contributed by atoms with E-state index in [0.717, 1.165) is 33.2 Å². The lowest BCUT2D eigenvalue weighted by Crippen LogP contribution is -2.11. The predicted molar refractivity (Wildman–Crippen MR) is 101 cm³/mol. The van der Waals surface area contributed by atoms with Crippen molar-refractivity contribution in [2.75, 3.05) is 10.7 Å². The largest absolute Gasteiger partial charge is 0.322 e. The first kappa shape index (κ1) is 16.1. The molecule has 0 aliphatic rings. The molecule has 2 N–H and O–H groups in total. The quantitative estimate of drug-likeness (QED) is 0.521. The molecule has 122 valence electrons. The van der Waals surface area contributed by atoms with Crippen LogP contribution in [0.25, 0.3) is 10.2 Å². The molecule has 0 bridgehead atoms. The number of aromatic nitrogens is 1. The van der Waals surface area contributed by atoms with Crippen LogP contribution in [0, 0.1) is 0 Å². The summed E-state index contributed by atoms with van der Waals surface area (Å²) in [4.78, 5) is 16.7. The van der Waals surface area contributed by atoms with Crippen molar-refractivity contribution in [1.82, 2.24) is 4.98 Å². The monoisotopic (exact) mass is 338 g/mol. The first-order valence-electron chi connectivity index (χ1n) is 7.72. The molecule has 0 saturated carbocycles. The van der Waals surface area contributed by atoms with Crippen LogP contribution in [-0.4, -0.2) is 16.6 Å². The van der Waals surface area contributed by atoms with Gasteiger partial charge in [0.1, 0.15) is 0 Å². The molecule has 0 unspecified atom stereocenters. The predicted octanol–water partition coefficient (Wildman–Crippen LogP) is 4.75. The molecule has 24 heavy (non-hydrogen) atoms. The van der Waals surface area contributed by atoms with Gasteiger partial charge in [-0.05, 0) is 43.7 Å². The van der Waals surface area contributed by atoms with E-state index in [-0.39, 0.29) is 5.91 Å². The number of fused-ring (bicyclic) bond motifs is 1. The summed E-state index contributed by atoms with van der Waals surface area (Å²) in [6, 6.07) is 14.8. The smallest absolute Gasteiger partial charge is 0.255 e. The molecule has 0 atom stereocenters. The van der Waals surface area contributed by atoms with E-state index in [4.69, 9.17) is 0 Å². The van der Waals surface area contributed by atoms with E-state index in [2.05, 4.69) is 27.8 Å².